The molecule has 1 saturated heterocycles. The molecule has 1 amide bonds. The van der Waals surface area contributed by atoms with Crippen molar-refractivity contribution in [1.82, 2.24) is 10.2 Å². The van der Waals surface area contributed by atoms with Crippen molar-refractivity contribution >= 4 is 5.91 Å². The summed E-state index contributed by atoms with van der Waals surface area (Å²) in [5.41, 5.74) is 1.29. The van der Waals surface area contributed by atoms with E-state index in [0.29, 0.717) is 6.54 Å². The molecular formula is C21H25FN2O4. The summed E-state index contributed by atoms with van der Waals surface area (Å²) >= 11 is 0. The minimum absolute atomic E-state index is 0.132. The molecule has 0 aliphatic carbocycles. The molecule has 0 spiro atoms. The third kappa shape index (κ3) is 4.74. The number of ether oxygens (including phenoxy) is 1. The fourth-order valence-electron chi connectivity index (χ4n) is 3.59. The van der Waals surface area contributed by atoms with Gasteiger partial charge in [-0.3, -0.25) is 9.69 Å². The Balaban J connectivity index is 1.67. The van der Waals surface area contributed by atoms with Crippen molar-refractivity contribution in [2.24, 2.45) is 0 Å². The Morgan fingerprint density at radius 3 is 2.61 bits per heavy atom. The van der Waals surface area contributed by atoms with E-state index in [1.807, 2.05) is 42.3 Å². The minimum Gasteiger partial charge on any atom is -0.394 e. The Labute approximate surface area is 163 Å². The number of likely N-dealkylation sites (N-methyl/N-ethyl adjacent to an activating group) is 1. The molecule has 4 atom stereocenters. The first-order valence-electron chi connectivity index (χ1n) is 9.22. The molecule has 150 valence electrons. The Morgan fingerprint density at radius 1 is 1.18 bits per heavy atom. The predicted octanol–water partition coefficient (Wildman–Crippen LogP) is 1.18. The van der Waals surface area contributed by atoms with Crippen LogP contribution < -0.4 is 5.32 Å². The van der Waals surface area contributed by atoms with Crippen molar-refractivity contribution in [3.8, 4) is 0 Å². The molecule has 1 fully saturated rings. The second-order valence-electron chi connectivity index (χ2n) is 7.00. The van der Waals surface area contributed by atoms with Gasteiger partial charge in [0, 0.05) is 18.7 Å². The van der Waals surface area contributed by atoms with Crippen LogP contribution in [0.2, 0.25) is 0 Å². The highest BCUT2D eigenvalue weighted by atomic mass is 19.1. The van der Waals surface area contributed by atoms with E-state index in [-0.39, 0.29) is 18.7 Å². The van der Waals surface area contributed by atoms with Crippen LogP contribution in [0.5, 0.6) is 0 Å². The standard InChI is InChI=1S/C21H25FN2O4/c1-24(12-14-6-3-2-4-7-14)19-17(28-18(13-25)20(19)26)11-23-21(27)15-8-5-9-16(22)10-15/h2-10,17-20,25-26H,11-13H2,1H3,(H,23,27)/t17-,18+,19-,20-/m1/s1. The number of rotatable bonds is 7. The second kappa shape index (κ2) is 9.25. The summed E-state index contributed by atoms with van der Waals surface area (Å²) in [6, 6.07) is 14.8. The number of carbonyl (C=O) groups excluding carboxylic acids is 1. The van der Waals surface area contributed by atoms with E-state index in [1.165, 1.54) is 18.2 Å². The molecule has 0 bridgehead atoms. The van der Waals surface area contributed by atoms with Crippen molar-refractivity contribution < 1.29 is 24.1 Å². The highest BCUT2D eigenvalue weighted by Crippen LogP contribution is 2.26. The maximum absolute atomic E-state index is 13.3. The monoisotopic (exact) mass is 388 g/mol. The van der Waals surface area contributed by atoms with E-state index in [0.717, 1.165) is 11.6 Å². The molecule has 7 heteroatoms. The van der Waals surface area contributed by atoms with Crippen LogP contribution in [0.1, 0.15) is 15.9 Å². The van der Waals surface area contributed by atoms with Gasteiger partial charge in [0.05, 0.1) is 18.8 Å². The van der Waals surface area contributed by atoms with Crippen LogP contribution in [0.3, 0.4) is 0 Å². The van der Waals surface area contributed by atoms with Crippen LogP contribution in [-0.4, -0.2) is 65.6 Å². The number of hydrogen-bond donors (Lipinski definition) is 3. The smallest absolute Gasteiger partial charge is 0.251 e. The molecule has 3 N–H and O–H groups in total. The fourth-order valence-corrected chi connectivity index (χ4v) is 3.59. The summed E-state index contributed by atoms with van der Waals surface area (Å²) < 4.78 is 19.1. The molecule has 2 aromatic rings. The van der Waals surface area contributed by atoms with Crippen molar-refractivity contribution in [2.75, 3.05) is 20.2 Å². The van der Waals surface area contributed by atoms with Crippen LogP contribution >= 0.6 is 0 Å². The van der Waals surface area contributed by atoms with Gasteiger partial charge in [-0.05, 0) is 30.8 Å². The lowest BCUT2D eigenvalue weighted by Crippen LogP contribution is -2.49. The van der Waals surface area contributed by atoms with Crippen LogP contribution in [0.25, 0.3) is 0 Å². The lowest BCUT2D eigenvalue weighted by Gasteiger charge is -2.30. The third-order valence-electron chi connectivity index (χ3n) is 4.98. The SMILES string of the molecule is CN(Cc1ccccc1)[C@H]1[C@H](O)[C@H](CO)O[C@@H]1CNC(=O)c1cccc(F)c1. The highest BCUT2D eigenvalue weighted by molar-refractivity contribution is 5.94. The zero-order valence-electron chi connectivity index (χ0n) is 15.7. The first-order valence-corrected chi connectivity index (χ1v) is 9.22. The highest BCUT2D eigenvalue weighted by Gasteiger charge is 2.45. The van der Waals surface area contributed by atoms with Crippen molar-refractivity contribution in [1.29, 1.82) is 0 Å². The van der Waals surface area contributed by atoms with Crippen molar-refractivity contribution in [3.05, 3.63) is 71.5 Å². The number of aliphatic hydroxyl groups is 2. The number of nitrogens with one attached hydrogen (secondary N) is 1. The zero-order valence-corrected chi connectivity index (χ0v) is 15.7. The van der Waals surface area contributed by atoms with Crippen molar-refractivity contribution in [2.45, 2.75) is 30.9 Å². The van der Waals surface area contributed by atoms with E-state index in [9.17, 15) is 19.4 Å². The molecule has 0 saturated carbocycles. The summed E-state index contributed by atoms with van der Waals surface area (Å²) in [6.45, 7) is 0.399. The number of halogens is 1. The molecule has 3 rings (SSSR count). The molecule has 28 heavy (non-hydrogen) atoms. The second-order valence-corrected chi connectivity index (χ2v) is 7.00. The normalized spacial score (nSPS) is 24.5. The van der Waals surface area contributed by atoms with Gasteiger partial charge in [-0.15, -0.1) is 0 Å². The summed E-state index contributed by atoms with van der Waals surface area (Å²) in [5.74, 6) is -0.907. The largest absolute Gasteiger partial charge is 0.394 e. The van der Waals surface area contributed by atoms with Gasteiger partial charge in [0.25, 0.3) is 5.91 Å². The topological polar surface area (TPSA) is 82.0 Å². The van der Waals surface area contributed by atoms with Crippen LogP contribution in [-0.2, 0) is 11.3 Å². The van der Waals surface area contributed by atoms with Gasteiger partial charge in [0.1, 0.15) is 18.0 Å². The number of benzene rings is 2. The summed E-state index contributed by atoms with van der Waals surface area (Å²) in [4.78, 5) is 14.2. The molecule has 0 radical (unpaired) electrons. The lowest BCUT2D eigenvalue weighted by atomic mass is 10.0. The zero-order chi connectivity index (χ0) is 20.1. The van der Waals surface area contributed by atoms with Gasteiger partial charge in [-0.25, -0.2) is 4.39 Å². The van der Waals surface area contributed by atoms with Gasteiger partial charge >= 0.3 is 0 Å². The fraction of sp³-hybridized carbons (Fsp3) is 0.381. The predicted molar refractivity (Wildman–Crippen MR) is 102 cm³/mol. The van der Waals surface area contributed by atoms with E-state index in [1.54, 1.807) is 0 Å². The average Bonchev–Trinajstić information content (AvgIpc) is 3.02. The molecule has 0 aromatic heterocycles. The Kier molecular flexibility index (Phi) is 6.74. The van der Waals surface area contributed by atoms with E-state index < -0.39 is 36.1 Å². The van der Waals surface area contributed by atoms with Gasteiger partial charge in [-0.2, -0.15) is 0 Å². The first kappa shape index (κ1) is 20.4. The minimum atomic E-state index is -0.894. The maximum atomic E-state index is 13.3. The van der Waals surface area contributed by atoms with Crippen molar-refractivity contribution in [3.63, 3.8) is 0 Å². The summed E-state index contributed by atoms with van der Waals surface area (Å²) in [7, 11) is 1.87. The number of amides is 1. The molecule has 6 nitrogen and oxygen atoms in total. The maximum Gasteiger partial charge on any atom is 0.251 e. The summed E-state index contributed by atoms with van der Waals surface area (Å²) in [6.07, 6.45) is -2.13. The van der Waals surface area contributed by atoms with E-state index in [2.05, 4.69) is 5.32 Å². The average molecular weight is 388 g/mol. The number of nitrogens with zero attached hydrogens (tertiary/aromatic N) is 1. The molecular weight excluding hydrogens is 363 g/mol. The lowest BCUT2D eigenvalue weighted by molar-refractivity contribution is -0.0209. The van der Waals surface area contributed by atoms with Gasteiger partial charge in [0.2, 0.25) is 0 Å². The van der Waals surface area contributed by atoms with E-state index >= 15 is 0 Å². The van der Waals surface area contributed by atoms with Gasteiger partial charge < -0.3 is 20.3 Å². The third-order valence-corrected chi connectivity index (χ3v) is 4.98. The first-order chi connectivity index (χ1) is 13.5. The molecule has 0 unspecified atom stereocenters. The Hall–Kier alpha value is -2.32. The Bertz CT molecular complexity index is 789. The molecule has 2 aromatic carbocycles. The molecule has 1 aliphatic rings. The summed E-state index contributed by atoms with van der Waals surface area (Å²) in [5, 5.41) is 22.8. The molecule has 1 heterocycles. The van der Waals surface area contributed by atoms with Crippen LogP contribution in [0.15, 0.2) is 54.6 Å². The number of hydrogen-bond acceptors (Lipinski definition) is 5. The van der Waals surface area contributed by atoms with Crippen LogP contribution in [0.4, 0.5) is 4.39 Å². The quantitative estimate of drug-likeness (QED) is 0.664. The van der Waals surface area contributed by atoms with Gasteiger partial charge in [0.15, 0.2) is 0 Å². The van der Waals surface area contributed by atoms with Gasteiger partial charge in [-0.1, -0.05) is 36.4 Å². The number of aliphatic hydroxyl groups excluding tert-OH is 2. The van der Waals surface area contributed by atoms with Crippen LogP contribution in [0, 0.1) is 5.82 Å². The van der Waals surface area contributed by atoms with E-state index in [4.69, 9.17) is 4.74 Å². The number of carbonyl (C=O) groups is 1. The Morgan fingerprint density at radius 2 is 1.93 bits per heavy atom. The molecule has 1 aliphatic heterocycles.